The molecule has 0 unspecified atom stereocenters. The summed E-state index contributed by atoms with van der Waals surface area (Å²) >= 11 is 1.09. The Morgan fingerprint density at radius 1 is 1.09 bits per heavy atom. The number of nitrogens with two attached hydrogens (primary N) is 1. The number of carbonyl (C=O) groups is 1. The summed E-state index contributed by atoms with van der Waals surface area (Å²) < 4.78 is 3.54. The first-order chi connectivity index (χ1) is 16.3. The van der Waals surface area contributed by atoms with E-state index in [0.717, 1.165) is 46.6 Å². The first kappa shape index (κ1) is 23.7. The fourth-order valence-corrected chi connectivity index (χ4v) is 5.06. The van der Waals surface area contributed by atoms with Crippen LogP contribution in [0.1, 0.15) is 42.5 Å². The zero-order valence-electron chi connectivity index (χ0n) is 19.2. The summed E-state index contributed by atoms with van der Waals surface area (Å²) in [6.45, 7) is 0.461. The molecule has 0 saturated carbocycles. The molecule has 0 atom stereocenters. The highest BCUT2D eigenvalue weighted by molar-refractivity contribution is 7.99. The average molecular weight is 482 g/mol. The van der Waals surface area contributed by atoms with Crippen LogP contribution in [0.25, 0.3) is 10.9 Å². The molecule has 2 aromatic heterocycles. The number of allylic oxidation sites excluding steroid dienone is 2. The van der Waals surface area contributed by atoms with E-state index >= 15 is 0 Å². The maximum absolute atomic E-state index is 13.3. The summed E-state index contributed by atoms with van der Waals surface area (Å²) in [7, 11) is 2.71. The van der Waals surface area contributed by atoms with Crippen LogP contribution in [0.15, 0.2) is 55.5 Å². The molecule has 3 aromatic rings. The van der Waals surface area contributed by atoms with Crippen molar-refractivity contribution in [2.75, 3.05) is 11.5 Å². The molecule has 0 spiro atoms. The summed E-state index contributed by atoms with van der Waals surface area (Å²) in [5.41, 5.74) is 6.07. The molecule has 1 aliphatic rings. The molecule has 1 aromatic carbocycles. The number of hydrogen-bond donors (Lipinski definition) is 1. The Balaban J connectivity index is 1.67. The number of nitrogens with zero attached hydrogens (tertiary/aromatic N) is 4. The third kappa shape index (κ3) is 4.50. The SMILES string of the molecule is Cn1c(N)c(C(=O)CSc2nc3ccccc3c(=O)n2CCC2=CCCCC2)c(=O)n(C)c1=O. The molecule has 2 N–H and O–H groups in total. The molecule has 9 nitrogen and oxygen atoms in total. The van der Waals surface area contributed by atoms with Gasteiger partial charge in [0.2, 0.25) is 0 Å². The van der Waals surface area contributed by atoms with Crippen molar-refractivity contribution in [2.24, 2.45) is 14.1 Å². The third-order valence-corrected chi connectivity index (χ3v) is 7.17. The van der Waals surface area contributed by atoms with Crippen molar-refractivity contribution in [3.8, 4) is 0 Å². The lowest BCUT2D eigenvalue weighted by atomic mass is 9.97. The molecular weight excluding hydrogens is 454 g/mol. The number of para-hydroxylation sites is 1. The van der Waals surface area contributed by atoms with E-state index in [-0.39, 0.29) is 22.7 Å². The molecule has 1 aliphatic carbocycles. The van der Waals surface area contributed by atoms with Crippen LogP contribution in [-0.2, 0) is 20.6 Å². The number of ketones is 1. The molecular formula is C24H27N5O4S. The minimum atomic E-state index is -0.737. The maximum Gasteiger partial charge on any atom is 0.332 e. The van der Waals surface area contributed by atoms with Crippen LogP contribution in [0, 0.1) is 0 Å². The highest BCUT2D eigenvalue weighted by Crippen LogP contribution is 2.23. The second kappa shape index (κ2) is 9.84. The normalized spacial score (nSPS) is 13.8. The molecule has 0 amide bonds. The zero-order chi connectivity index (χ0) is 24.4. The molecule has 34 heavy (non-hydrogen) atoms. The standard InChI is InChI=1S/C24H27N5O4S/c1-27-20(25)19(22(32)28(2)24(27)33)18(30)14-34-23-26-17-11-7-6-10-16(17)21(31)29(23)13-12-15-8-4-3-5-9-15/h6-8,10-11H,3-5,9,12-14,25H2,1-2H3. The lowest BCUT2D eigenvalue weighted by Gasteiger charge is -2.16. The Kier molecular flexibility index (Phi) is 6.87. The van der Waals surface area contributed by atoms with Crippen molar-refractivity contribution in [3.05, 3.63) is 72.7 Å². The third-order valence-electron chi connectivity index (χ3n) is 6.19. The van der Waals surface area contributed by atoms with Crippen LogP contribution >= 0.6 is 11.8 Å². The number of hydrogen-bond acceptors (Lipinski definition) is 7. The highest BCUT2D eigenvalue weighted by atomic mass is 32.2. The van der Waals surface area contributed by atoms with Gasteiger partial charge in [-0.05, 0) is 44.2 Å². The van der Waals surface area contributed by atoms with Gasteiger partial charge in [0.1, 0.15) is 11.4 Å². The molecule has 0 aliphatic heterocycles. The number of fused-ring (bicyclic) bond motifs is 1. The van der Waals surface area contributed by atoms with Gasteiger partial charge >= 0.3 is 5.69 Å². The Hall–Kier alpha value is -3.40. The molecule has 0 radical (unpaired) electrons. The predicted octanol–water partition coefficient (Wildman–Crippen LogP) is 2.24. The largest absolute Gasteiger partial charge is 0.384 e. The van der Waals surface area contributed by atoms with Gasteiger partial charge in [-0.1, -0.05) is 35.5 Å². The van der Waals surface area contributed by atoms with Crippen LogP contribution < -0.4 is 22.5 Å². The van der Waals surface area contributed by atoms with Crippen molar-refractivity contribution < 1.29 is 4.79 Å². The summed E-state index contributed by atoms with van der Waals surface area (Å²) in [5.74, 6) is -0.847. The van der Waals surface area contributed by atoms with E-state index in [9.17, 15) is 19.2 Å². The van der Waals surface area contributed by atoms with Gasteiger partial charge in [-0.15, -0.1) is 0 Å². The number of benzene rings is 1. The summed E-state index contributed by atoms with van der Waals surface area (Å²) in [6, 6.07) is 7.11. The fraction of sp³-hybridized carbons (Fsp3) is 0.375. The van der Waals surface area contributed by atoms with Crippen LogP contribution in [0.3, 0.4) is 0 Å². The first-order valence-corrected chi connectivity index (χ1v) is 12.2. The zero-order valence-corrected chi connectivity index (χ0v) is 20.1. The summed E-state index contributed by atoms with van der Waals surface area (Å²) in [5, 5.41) is 0.931. The molecule has 0 bridgehead atoms. The van der Waals surface area contributed by atoms with Gasteiger partial charge < -0.3 is 5.73 Å². The van der Waals surface area contributed by atoms with Gasteiger partial charge in [-0.25, -0.2) is 9.78 Å². The van der Waals surface area contributed by atoms with Gasteiger partial charge in [0, 0.05) is 20.6 Å². The second-order valence-electron chi connectivity index (χ2n) is 8.40. The Bertz CT molecular complexity index is 1480. The number of aromatic nitrogens is 4. The van der Waals surface area contributed by atoms with E-state index in [0.29, 0.717) is 22.6 Å². The lowest BCUT2D eigenvalue weighted by molar-refractivity contribution is 0.102. The Morgan fingerprint density at radius 3 is 2.59 bits per heavy atom. The van der Waals surface area contributed by atoms with E-state index in [2.05, 4.69) is 11.1 Å². The minimum absolute atomic E-state index is 0.148. The number of rotatable bonds is 7. The van der Waals surface area contributed by atoms with Crippen molar-refractivity contribution in [2.45, 2.75) is 43.8 Å². The second-order valence-corrected chi connectivity index (χ2v) is 9.35. The molecule has 0 fully saturated rings. The summed E-state index contributed by atoms with van der Waals surface area (Å²) in [6.07, 6.45) is 7.44. The fourth-order valence-electron chi connectivity index (χ4n) is 4.17. The number of anilines is 1. The van der Waals surface area contributed by atoms with Crippen molar-refractivity contribution in [1.82, 2.24) is 18.7 Å². The predicted molar refractivity (Wildman–Crippen MR) is 134 cm³/mol. The molecule has 0 saturated heterocycles. The van der Waals surface area contributed by atoms with Crippen LogP contribution in [0.2, 0.25) is 0 Å². The Morgan fingerprint density at radius 2 is 1.85 bits per heavy atom. The maximum atomic E-state index is 13.3. The van der Waals surface area contributed by atoms with E-state index < -0.39 is 17.0 Å². The average Bonchev–Trinajstić information content (AvgIpc) is 2.85. The summed E-state index contributed by atoms with van der Waals surface area (Å²) in [4.78, 5) is 55.5. The van der Waals surface area contributed by atoms with Gasteiger partial charge in [-0.3, -0.25) is 28.1 Å². The van der Waals surface area contributed by atoms with Crippen LogP contribution in [0.5, 0.6) is 0 Å². The van der Waals surface area contributed by atoms with Gasteiger partial charge in [0.15, 0.2) is 10.9 Å². The van der Waals surface area contributed by atoms with Crippen molar-refractivity contribution in [3.63, 3.8) is 0 Å². The van der Waals surface area contributed by atoms with E-state index in [1.807, 2.05) is 0 Å². The van der Waals surface area contributed by atoms with Gasteiger partial charge in [-0.2, -0.15) is 0 Å². The van der Waals surface area contributed by atoms with Gasteiger partial charge in [0.05, 0.1) is 16.7 Å². The van der Waals surface area contributed by atoms with E-state index in [4.69, 9.17) is 5.73 Å². The minimum Gasteiger partial charge on any atom is -0.384 e. The molecule has 4 rings (SSSR count). The van der Waals surface area contributed by atoms with E-state index in [1.54, 1.807) is 28.8 Å². The topological polar surface area (TPSA) is 122 Å². The van der Waals surface area contributed by atoms with Gasteiger partial charge in [0.25, 0.3) is 11.1 Å². The first-order valence-electron chi connectivity index (χ1n) is 11.2. The number of carbonyl (C=O) groups excluding carboxylic acids is 1. The monoisotopic (exact) mass is 481 g/mol. The lowest BCUT2D eigenvalue weighted by Crippen LogP contribution is -2.41. The Labute approximate surface area is 199 Å². The van der Waals surface area contributed by atoms with Crippen LogP contribution in [-0.4, -0.2) is 30.2 Å². The number of Topliss-reactive ketones (excluding diaryl/α,β-unsaturated/α-hetero) is 1. The van der Waals surface area contributed by atoms with E-state index in [1.165, 1.54) is 26.1 Å². The molecule has 2 heterocycles. The molecule has 10 heteroatoms. The number of nitrogen functional groups attached to an aromatic ring is 1. The van der Waals surface area contributed by atoms with Crippen LogP contribution in [0.4, 0.5) is 5.82 Å². The quantitative estimate of drug-likeness (QED) is 0.238. The number of thioether (sulfide) groups is 1. The van der Waals surface area contributed by atoms with Crippen molar-refractivity contribution in [1.29, 1.82) is 0 Å². The molecule has 178 valence electrons. The van der Waals surface area contributed by atoms with Crippen molar-refractivity contribution >= 4 is 34.3 Å². The highest BCUT2D eigenvalue weighted by Gasteiger charge is 2.21. The smallest absolute Gasteiger partial charge is 0.332 e.